The van der Waals surface area contributed by atoms with E-state index in [2.05, 4.69) is 24.5 Å². The molecule has 4 heteroatoms. The van der Waals surface area contributed by atoms with Crippen LogP contribution in [0.5, 0.6) is 5.75 Å². The number of methoxy groups -OCH3 is 1. The van der Waals surface area contributed by atoms with Crippen LogP contribution in [0.25, 0.3) is 0 Å². The lowest BCUT2D eigenvalue weighted by atomic mass is 10.0. The van der Waals surface area contributed by atoms with Crippen LogP contribution < -0.4 is 15.4 Å². The molecule has 0 radical (unpaired) electrons. The van der Waals surface area contributed by atoms with Crippen LogP contribution in [0.1, 0.15) is 25.8 Å². The van der Waals surface area contributed by atoms with Gasteiger partial charge in [0.2, 0.25) is 0 Å². The monoisotopic (exact) mass is 266 g/mol. The quantitative estimate of drug-likeness (QED) is 0.856. The Morgan fingerprint density at radius 2 is 2.26 bits per heavy atom. The van der Waals surface area contributed by atoms with Gasteiger partial charge in [-0.05, 0) is 57.0 Å². The summed E-state index contributed by atoms with van der Waals surface area (Å²) in [5.41, 5.74) is 1.13. The molecule has 2 N–H and O–H groups in total. The molecule has 1 aromatic carbocycles. The first-order valence-electron chi connectivity index (χ1n) is 6.81. The highest BCUT2D eigenvalue weighted by atomic mass is 19.1. The van der Waals surface area contributed by atoms with Gasteiger partial charge in [0.15, 0.2) is 0 Å². The lowest BCUT2D eigenvalue weighted by Crippen LogP contribution is -2.32. The van der Waals surface area contributed by atoms with E-state index in [0.29, 0.717) is 6.04 Å². The first kappa shape index (κ1) is 14.3. The molecule has 106 valence electrons. The van der Waals surface area contributed by atoms with Gasteiger partial charge >= 0.3 is 0 Å². The third-order valence-corrected chi connectivity index (χ3v) is 3.65. The normalized spacial score (nSPS) is 21.6. The standard InChI is InChI=1S/C15H23FN2O/c1-15(2)9-13(10-18-15)17-7-6-11-8-12(16)4-5-14(11)19-3/h4-5,8,13,17-18H,6-7,9-10H2,1-3H3. The van der Waals surface area contributed by atoms with E-state index in [1.807, 2.05) is 0 Å². The van der Waals surface area contributed by atoms with Gasteiger partial charge in [-0.2, -0.15) is 0 Å². The molecule has 1 aliphatic rings. The molecular weight excluding hydrogens is 243 g/mol. The number of nitrogens with one attached hydrogen (secondary N) is 2. The summed E-state index contributed by atoms with van der Waals surface area (Å²) in [7, 11) is 1.62. The molecule has 19 heavy (non-hydrogen) atoms. The Kier molecular flexibility index (Phi) is 4.42. The Morgan fingerprint density at radius 1 is 1.47 bits per heavy atom. The van der Waals surface area contributed by atoms with Gasteiger partial charge in [-0.3, -0.25) is 0 Å². The SMILES string of the molecule is COc1ccc(F)cc1CCNC1CNC(C)(C)C1. The van der Waals surface area contributed by atoms with Crippen molar-refractivity contribution in [3.05, 3.63) is 29.6 Å². The Morgan fingerprint density at radius 3 is 2.89 bits per heavy atom. The molecule has 3 nitrogen and oxygen atoms in total. The highest BCUT2D eigenvalue weighted by Gasteiger charge is 2.29. The molecule has 1 atom stereocenters. The molecule has 0 amide bonds. The molecule has 0 bridgehead atoms. The third-order valence-electron chi connectivity index (χ3n) is 3.65. The predicted octanol–water partition coefficient (Wildman–Crippen LogP) is 2.11. The number of rotatable bonds is 5. The Labute approximate surface area is 114 Å². The van der Waals surface area contributed by atoms with Crippen LogP contribution in [-0.4, -0.2) is 31.8 Å². The minimum Gasteiger partial charge on any atom is -0.496 e. The summed E-state index contributed by atoms with van der Waals surface area (Å²) in [6.07, 6.45) is 1.89. The van der Waals surface area contributed by atoms with Gasteiger partial charge in [0.1, 0.15) is 11.6 Å². The summed E-state index contributed by atoms with van der Waals surface area (Å²) in [5.74, 6) is 0.549. The van der Waals surface area contributed by atoms with E-state index in [0.717, 1.165) is 37.2 Å². The van der Waals surface area contributed by atoms with Gasteiger partial charge in [0.05, 0.1) is 7.11 Å². The van der Waals surface area contributed by atoms with Crippen molar-refractivity contribution in [2.24, 2.45) is 0 Å². The van der Waals surface area contributed by atoms with Crippen LogP contribution in [0, 0.1) is 5.82 Å². The zero-order valence-corrected chi connectivity index (χ0v) is 11.9. The van der Waals surface area contributed by atoms with Crippen LogP contribution in [0.4, 0.5) is 4.39 Å². The predicted molar refractivity (Wildman–Crippen MR) is 75.1 cm³/mol. The second-order valence-electron chi connectivity index (χ2n) is 5.83. The fourth-order valence-electron chi connectivity index (χ4n) is 2.66. The van der Waals surface area contributed by atoms with Crippen LogP contribution >= 0.6 is 0 Å². The highest BCUT2D eigenvalue weighted by Crippen LogP contribution is 2.20. The zero-order chi connectivity index (χ0) is 13.9. The smallest absolute Gasteiger partial charge is 0.123 e. The van der Waals surface area contributed by atoms with Crippen molar-refractivity contribution < 1.29 is 9.13 Å². The number of hydrogen-bond acceptors (Lipinski definition) is 3. The Balaban J connectivity index is 1.84. The summed E-state index contributed by atoms with van der Waals surface area (Å²) >= 11 is 0. The summed E-state index contributed by atoms with van der Waals surface area (Å²) in [6, 6.07) is 5.16. The number of hydrogen-bond donors (Lipinski definition) is 2. The molecule has 1 heterocycles. The van der Waals surface area contributed by atoms with Gasteiger partial charge in [-0.25, -0.2) is 4.39 Å². The maximum absolute atomic E-state index is 13.2. The van der Waals surface area contributed by atoms with Gasteiger partial charge in [-0.1, -0.05) is 0 Å². The largest absolute Gasteiger partial charge is 0.496 e. The van der Waals surface area contributed by atoms with Gasteiger partial charge < -0.3 is 15.4 Å². The molecule has 0 aliphatic carbocycles. The Hall–Kier alpha value is -1.13. The van der Waals surface area contributed by atoms with Crippen molar-refractivity contribution in [1.82, 2.24) is 10.6 Å². The highest BCUT2D eigenvalue weighted by molar-refractivity contribution is 5.34. The maximum atomic E-state index is 13.2. The molecule has 1 unspecified atom stereocenters. The van der Waals surface area contributed by atoms with Crippen molar-refractivity contribution in [2.45, 2.75) is 38.3 Å². The minimum absolute atomic E-state index is 0.209. The Bertz CT molecular complexity index is 434. The molecule has 2 rings (SSSR count). The van der Waals surface area contributed by atoms with E-state index < -0.39 is 0 Å². The van der Waals surface area contributed by atoms with Crippen molar-refractivity contribution in [3.8, 4) is 5.75 Å². The molecule has 0 aromatic heterocycles. The van der Waals surface area contributed by atoms with Crippen LogP contribution in [0.2, 0.25) is 0 Å². The average molecular weight is 266 g/mol. The number of ether oxygens (including phenoxy) is 1. The molecule has 0 saturated carbocycles. The van der Waals surface area contributed by atoms with Crippen molar-refractivity contribution in [3.63, 3.8) is 0 Å². The van der Waals surface area contributed by atoms with Gasteiger partial charge in [-0.15, -0.1) is 0 Å². The maximum Gasteiger partial charge on any atom is 0.123 e. The van der Waals surface area contributed by atoms with Crippen molar-refractivity contribution in [2.75, 3.05) is 20.2 Å². The fraction of sp³-hybridized carbons (Fsp3) is 0.600. The topological polar surface area (TPSA) is 33.3 Å². The minimum atomic E-state index is -0.209. The van der Waals surface area contributed by atoms with E-state index >= 15 is 0 Å². The molecule has 1 saturated heterocycles. The van der Waals surface area contributed by atoms with Crippen LogP contribution in [0.15, 0.2) is 18.2 Å². The van der Waals surface area contributed by atoms with Gasteiger partial charge in [0, 0.05) is 18.1 Å². The summed E-state index contributed by atoms with van der Waals surface area (Å²) < 4.78 is 18.5. The van der Waals surface area contributed by atoms with Crippen molar-refractivity contribution >= 4 is 0 Å². The zero-order valence-electron chi connectivity index (χ0n) is 11.9. The molecule has 1 aliphatic heterocycles. The van der Waals surface area contributed by atoms with E-state index in [4.69, 9.17) is 4.74 Å². The summed E-state index contributed by atoms with van der Waals surface area (Å²) in [4.78, 5) is 0. The lowest BCUT2D eigenvalue weighted by molar-refractivity contribution is 0.406. The molecule has 1 fully saturated rings. The lowest BCUT2D eigenvalue weighted by Gasteiger charge is -2.17. The first-order valence-corrected chi connectivity index (χ1v) is 6.81. The second kappa shape index (κ2) is 5.88. The number of benzene rings is 1. The van der Waals surface area contributed by atoms with E-state index in [-0.39, 0.29) is 11.4 Å². The molecule has 0 spiro atoms. The summed E-state index contributed by atoms with van der Waals surface area (Å²) in [5, 5.41) is 7.00. The molecular formula is C15H23FN2O. The average Bonchev–Trinajstić information content (AvgIpc) is 2.69. The summed E-state index contributed by atoms with van der Waals surface area (Å²) in [6.45, 7) is 6.25. The first-order chi connectivity index (χ1) is 9.00. The van der Waals surface area contributed by atoms with Crippen molar-refractivity contribution in [1.29, 1.82) is 0 Å². The van der Waals surface area contributed by atoms with Gasteiger partial charge in [0.25, 0.3) is 0 Å². The van der Waals surface area contributed by atoms with Crippen LogP contribution in [-0.2, 0) is 6.42 Å². The van der Waals surface area contributed by atoms with E-state index in [1.54, 1.807) is 19.2 Å². The van der Waals surface area contributed by atoms with Crippen LogP contribution in [0.3, 0.4) is 0 Å². The molecule has 1 aromatic rings. The third kappa shape index (κ3) is 3.91. The van der Waals surface area contributed by atoms with E-state index in [1.165, 1.54) is 6.07 Å². The second-order valence-corrected chi connectivity index (χ2v) is 5.83. The van der Waals surface area contributed by atoms with E-state index in [9.17, 15) is 4.39 Å². The fourth-order valence-corrected chi connectivity index (χ4v) is 2.66. The number of halogens is 1.